The van der Waals surface area contributed by atoms with Crippen LogP contribution < -0.4 is 10.6 Å². The Bertz CT molecular complexity index is 636. The van der Waals surface area contributed by atoms with E-state index in [1.807, 2.05) is 24.5 Å². The molecule has 0 aliphatic heterocycles. The lowest BCUT2D eigenvalue weighted by molar-refractivity contribution is 0.262. The van der Waals surface area contributed by atoms with Crippen LogP contribution in [0.4, 0.5) is 20.6 Å². The zero-order chi connectivity index (χ0) is 14.5. The molecule has 3 nitrogen and oxygen atoms in total. The maximum absolute atomic E-state index is 12.9. The van der Waals surface area contributed by atoms with Crippen LogP contribution >= 0.6 is 23.4 Å². The Labute approximate surface area is 125 Å². The van der Waals surface area contributed by atoms with E-state index < -0.39 is 11.8 Å². The van der Waals surface area contributed by atoms with E-state index in [2.05, 4.69) is 10.6 Å². The molecule has 2 aromatic carbocycles. The second kappa shape index (κ2) is 6.63. The number of hydrogen-bond donors (Lipinski definition) is 2. The molecule has 0 radical (unpaired) electrons. The van der Waals surface area contributed by atoms with Crippen LogP contribution in [0.2, 0.25) is 5.02 Å². The van der Waals surface area contributed by atoms with Gasteiger partial charge in [0.15, 0.2) is 0 Å². The van der Waals surface area contributed by atoms with Crippen LogP contribution in [0.5, 0.6) is 0 Å². The number of hydrogen-bond acceptors (Lipinski definition) is 2. The zero-order valence-corrected chi connectivity index (χ0v) is 12.2. The third-order valence-electron chi connectivity index (χ3n) is 2.51. The van der Waals surface area contributed by atoms with Gasteiger partial charge in [-0.3, -0.25) is 0 Å². The van der Waals surface area contributed by atoms with Gasteiger partial charge < -0.3 is 10.6 Å². The zero-order valence-electron chi connectivity index (χ0n) is 10.6. The molecule has 0 aromatic heterocycles. The Morgan fingerprint density at radius 1 is 1.20 bits per heavy atom. The molecule has 0 saturated carbocycles. The molecule has 0 aliphatic carbocycles. The molecule has 0 spiro atoms. The molecule has 20 heavy (non-hydrogen) atoms. The van der Waals surface area contributed by atoms with Crippen molar-refractivity contribution in [3.8, 4) is 0 Å². The lowest BCUT2D eigenvalue weighted by Crippen LogP contribution is -2.19. The standard InChI is InChI=1S/C14H12ClFN2OS/c1-20-11-4-2-3-10(8-11)17-14(19)18-13-6-5-9(16)7-12(13)15/h2-8H,1H3,(H2,17,18,19). The van der Waals surface area contributed by atoms with Crippen molar-refractivity contribution < 1.29 is 9.18 Å². The Morgan fingerprint density at radius 2 is 2.00 bits per heavy atom. The molecule has 6 heteroatoms. The molecule has 0 heterocycles. The summed E-state index contributed by atoms with van der Waals surface area (Å²) in [5.74, 6) is -0.450. The van der Waals surface area contributed by atoms with Crippen LogP contribution in [0.1, 0.15) is 0 Å². The summed E-state index contributed by atoms with van der Waals surface area (Å²) in [6, 6.07) is 10.8. The highest BCUT2D eigenvalue weighted by molar-refractivity contribution is 7.98. The molecule has 0 aliphatic rings. The van der Waals surface area contributed by atoms with Crippen LogP contribution in [0.15, 0.2) is 47.4 Å². The van der Waals surface area contributed by atoms with E-state index in [1.54, 1.807) is 17.8 Å². The molecule has 2 amide bonds. The van der Waals surface area contributed by atoms with E-state index in [-0.39, 0.29) is 5.02 Å². The third-order valence-corrected chi connectivity index (χ3v) is 3.54. The van der Waals surface area contributed by atoms with Crippen molar-refractivity contribution in [3.63, 3.8) is 0 Å². The normalized spacial score (nSPS) is 10.2. The topological polar surface area (TPSA) is 41.1 Å². The first kappa shape index (κ1) is 14.7. The number of thioether (sulfide) groups is 1. The van der Waals surface area contributed by atoms with E-state index in [4.69, 9.17) is 11.6 Å². The molecule has 2 N–H and O–H groups in total. The minimum absolute atomic E-state index is 0.151. The average molecular weight is 311 g/mol. The van der Waals surface area contributed by atoms with Crippen molar-refractivity contribution in [2.45, 2.75) is 4.90 Å². The summed E-state index contributed by atoms with van der Waals surface area (Å²) in [4.78, 5) is 12.9. The number of carbonyl (C=O) groups excluding carboxylic acids is 1. The second-order valence-electron chi connectivity index (χ2n) is 3.94. The number of anilines is 2. The Morgan fingerprint density at radius 3 is 2.70 bits per heavy atom. The predicted octanol–water partition coefficient (Wildman–Crippen LogP) is 4.85. The van der Waals surface area contributed by atoms with Gasteiger partial charge in [-0.15, -0.1) is 11.8 Å². The molecular weight excluding hydrogens is 299 g/mol. The van der Waals surface area contributed by atoms with Crippen LogP contribution in [0.25, 0.3) is 0 Å². The number of nitrogens with one attached hydrogen (secondary N) is 2. The highest BCUT2D eigenvalue weighted by atomic mass is 35.5. The fourth-order valence-corrected chi connectivity index (χ4v) is 2.25. The lowest BCUT2D eigenvalue weighted by Gasteiger charge is -2.09. The fraction of sp³-hybridized carbons (Fsp3) is 0.0714. The Hall–Kier alpha value is -1.72. The summed E-state index contributed by atoms with van der Waals surface area (Å²) >= 11 is 7.42. The van der Waals surface area contributed by atoms with E-state index in [9.17, 15) is 9.18 Å². The largest absolute Gasteiger partial charge is 0.323 e. The van der Waals surface area contributed by atoms with Gasteiger partial charge in [0.25, 0.3) is 0 Å². The van der Waals surface area contributed by atoms with Gasteiger partial charge in [0.1, 0.15) is 5.82 Å². The van der Waals surface area contributed by atoms with Crippen LogP contribution in [-0.4, -0.2) is 12.3 Å². The molecule has 0 bridgehead atoms. The minimum atomic E-state index is -0.450. The first-order chi connectivity index (χ1) is 9.58. The van der Waals surface area contributed by atoms with Crippen LogP contribution in [0.3, 0.4) is 0 Å². The molecule has 104 valence electrons. The average Bonchev–Trinajstić information content (AvgIpc) is 2.42. The van der Waals surface area contributed by atoms with Crippen LogP contribution in [0, 0.1) is 5.82 Å². The fourth-order valence-electron chi connectivity index (χ4n) is 1.58. The van der Waals surface area contributed by atoms with Gasteiger partial charge in [0, 0.05) is 10.6 Å². The second-order valence-corrected chi connectivity index (χ2v) is 5.22. The molecule has 0 atom stereocenters. The van der Waals surface area contributed by atoms with Gasteiger partial charge >= 0.3 is 6.03 Å². The van der Waals surface area contributed by atoms with Crippen molar-refractivity contribution in [2.24, 2.45) is 0 Å². The highest BCUT2D eigenvalue weighted by Crippen LogP contribution is 2.23. The summed E-state index contributed by atoms with van der Waals surface area (Å²) < 4.78 is 12.9. The minimum Gasteiger partial charge on any atom is -0.308 e. The number of urea groups is 1. The first-order valence-electron chi connectivity index (χ1n) is 5.75. The Kier molecular flexibility index (Phi) is 4.87. The molecule has 0 saturated heterocycles. The van der Waals surface area contributed by atoms with Gasteiger partial charge in [0.05, 0.1) is 10.7 Å². The quantitative estimate of drug-likeness (QED) is 0.796. The summed E-state index contributed by atoms with van der Waals surface area (Å²) in [7, 11) is 0. The number of benzene rings is 2. The van der Waals surface area contributed by atoms with Gasteiger partial charge in [-0.2, -0.15) is 0 Å². The number of carbonyl (C=O) groups is 1. The highest BCUT2D eigenvalue weighted by Gasteiger charge is 2.07. The number of amides is 2. The maximum Gasteiger partial charge on any atom is 0.323 e. The molecule has 2 rings (SSSR count). The number of rotatable bonds is 3. The first-order valence-corrected chi connectivity index (χ1v) is 7.36. The molecular formula is C14H12ClFN2OS. The Balaban J connectivity index is 2.05. The van der Waals surface area contributed by atoms with Crippen molar-refractivity contribution in [1.29, 1.82) is 0 Å². The van der Waals surface area contributed by atoms with E-state index >= 15 is 0 Å². The monoisotopic (exact) mass is 310 g/mol. The van der Waals surface area contributed by atoms with Crippen molar-refractivity contribution in [2.75, 3.05) is 16.9 Å². The van der Waals surface area contributed by atoms with Crippen molar-refractivity contribution in [3.05, 3.63) is 53.3 Å². The SMILES string of the molecule is CSc1cccc(NC(=O)Nc2ccc(F)cc2Cl)c1. The number of halogens is 2. The van der Waals surface area contributed by atoms with Crippen molar-refractivity contribution >= 4 is 40.8 Å². The van der Waals surface area contributed by atoms with Gasteiger partial charge in [-0.1, -0.05) is 17.7 Å². The summed E-state index contributed by atoms with van der Waals surface area (Å²) in [6.45, 7) is 0. The summed E-state index contributed by atoms with van der Waals surface area (Å²) in [5, 5.41) is 5.41. The molecule has 0 fully saturated rings. The van der Waals surface area contributed by atoms with Crippen molar-refractivity contribution in [1.82, 2.24) is 0 Å². The molecule has 2 aromatic rings. The van der Waals surface area contributed by atoms with E-state index in [1.165, 1.54) is 12.1 Å². The lowest BCUT2D eigenvalue weighted by atomic mass is 10.3. The molecule has 0 unspecified atom stereocenters. The van der Waals surface area contributed by atoms with E-state index in [0.29, 0.717) is 11.4 Å². The van der Waals surface area contributed by atoms with Gasteiger partial charge in [0.2, 0.25) is 0 Å². The smallest absolute Gasteiger partial charge is 0.308 e. The summed E-state index contributed by atoms with van der Waals surface area (Å²) in [6.07, 6.45) is 1.96. The van der Waals surface area contributed by atoms with Gasteiger partial charge in [-0.05, 0) is 42.7 Å². The van der Waals surface area contributed by atoms with E-state index in [0.717, 1.165) is 11.0 Å². The van der Waals surface area contributed by atoms with Crippen LogP contribution in [-0.2, 0) is 0 Å². The van der Waals surface area contributed by atoms with Gasteiger partial charge in [-0.25, -0.2) is 9.18 Å². The summed E-state index contributed by atoms with van der Waals surface area (Å²) in [5.41, 5.74) is 1.03. The predicted molar refractivity (Wildman–Crippen MR) is 82.3 cm³/mol. The maximum atomic E-state index is 12.9. The third kappa shape index (κ3) is 3.88.